The maximum absolute atomic E-state index is 11.9. The molecule has 0 aliphatic carbocycles. The number of amides is 1. The van der Waals surface area contributed by atoms with Crippen LogP contribution in [-0.4, -0.2) is 36.8 Å². The van der Waals surface area contributed by atoms with Crippen molar-refractivity contribution >= 4 is 28.1 Å². The summed E-state index contributed by atoms with van der Waals surface area (Å²) in [5.74, 6) is 0.433. The molecule has 0 atom stereocenters. The molecule has 0 saturated carbocycles. The van der Waals surface area contributed by atoms with Gasteiger partial charge in [-0.3, -0.25) is 9.59 Å². The van der Waals surface area contributed by atoms with Gasteiger partial charge in [-0.25, -0.2) is 0 Å². The highest BCUT2D eigenvalue weighted by Gasteiger charge is 2.17. The number of aldehydes is 1. The van der Waals surface area contributed by atoms with Gasteiger partial charge in [0.2, 0.25) is 0 Å². The number of carbonyl (C=O) groups excluding carboxylic acids is 2. The zero-order chi connectivity index (χ0) is 13.7. The van der Waals surface area contributed by atoms with Gasteiger partial charge in [0.15, 0.2) is 12.9 Å². The summed E-state index contributed by atoms with van der Waals surface area (Å²) in [6.45, 7) is 1.61. The molecule has 19 heavy (non-hydrogen) atoms. The number of ether oxygens (including phenoxy) is 1. The summed E-state index contributed by atoms with van der Waals surface area (Å²) < 4.78 is 6.26. The normalized spacial score (nSPS) is 15.1. The first-order chi connectivity index (χ1) is 9.20. The Kier molecular flexibility index (Phi) is 4.96. The second kappa shape index (κ2) is 6.70. The number of nitrogens with zero attached hydrogens (tertiary/aromatic N) is 1. The number of likely N-dealkylation sites (tertiary alicyclic amines) is 1. The van der Waals surface area contributed by atoms with Gasteiger partial charge in [0.05, 0.1) is 5.56 Å². The molecule has 0 radical (unpaired) electrons. The fraction of sp³-hybridized carbons (Fsp3) is 0.429. The van der Waals surface area contributed by atoms with Gasteiger partial charge in [0.25, 0.3) is 5.91 Å². The van der Waals surface area contributed by atoms with E-state index < -0.39 is 0 Å². The SMILES string of the molecule is O=Cc1cc(Br)ccc1OCC(=O)N1CCCCC1. The van der Waals surface area contributed by atoms with Crippen LogP contribution in [0, 0.1) is 0 Å². The van der Waals surface area contributed by atoms with Gasteiger partial charge in [-0.1, -0.05) is 15.9 Å². The third-order valence-electron chi connectivity index (χ3n) is 3.16. The fourth-order valence-electron chi connectivity index (χ4n) is 2.12. The smallest absolute Gasteiger partial charge is 0.260 e. The molecule has 0 unspecified atom stereocenters. The molecule has 0 aromatic heterocycles. The zero-order valence-electron chi connectivity index (χ0n) is 10.6. The van der Waals surface area contributed by atoms with E-state index in [2.05, 4.69) is 15.9 Å². The Morgan fingerprint density at radius 3 is 2.74 bits per heavy atom. The van der Waals surface area contributed by atoms with Crippen LogP contribution in [0.2, 0.25) is 0 Å². The molecular weight excluding hydrogens is 310 g/mol. The van der Waals surface area contributed by atoms with Gasteiger partial charge in [-0.05, 0) is 37.5 Å². The minimum absolute atomic E-state index is 0.0114. The van der Waals surface area contributed by atoms with E-state index in [1.165, 1.54) is 6.42 Å². The highest BCUT2D eigenvalue weighted by Crippen LogP contribution is 2.21. The lowest BCUT2D eigenvalue weighted by Crippen LogP contribution is -2.38. The Balaban J connectivity index is 1.94. The summed E-state index contributed by atoms with van der Waals surface area (Å²) in [5, 5.41) is 0. The maximum atomic E-state index is 11.9. The topological polar surface area (TPSA) is 46.6 Å². The summed E-state index contributed by atoms with van der Waals surface area (Å²) in [7, 11) is 0. The molecule has 1 aliphatic rings. The van der Waals surface area contributed by atoms with E-state index in [0.29, 0.717) is 11.3 Å². The molecule has 2 rings (SSSR count). The monoisotopic (exact) mass is 325 g/mol. The van der Waals surface area contributed by atoms with Crippen molar-refractivity contribution in [2.75, 3.05) is 19.7 Å². The molecule has 5 heteroatoms. The summed E-state index contributed by atoms with van der Waals surface area (Å²) >= 11 is 3.29. The van der Waals surface area contributed by atoms with Gasteiger partial charge in [-0.2, -0.15) is 0 Å². The van der Waals surface area contributed by atoms with Crippen molar-refractivity contribution in [1.82, 2.24) is 4.90 Å². The van der Waals surface area contributed by atoms with Crippen LogP contribution < -0.4 is 4.74 Å². The fourth-order valence-corrected chi connectivity index (χ4v) is 2.50. The molecule has 1 aliphatic heterocycles. The number of carbonyl (C=O) groups is 2. The van der Waals surface area contributed by atoms with E-state index in [-0.39, 0.29) is 12.5 Å². The lowest BCUT2D eigenvalue weighted by molar-refractivity contribution is -0.134. The molecule has 1 heterocycles. The summed E-state index contributed by atoms with van der Waals surface area (Å²) in [6, 6.07) is 5.15. The number of hydrogen-bond donors (Lipinski definition) is 0. The minimum atomic E-state index is -0.0144. The Morgan fingerprint density at radius 1 is 1.32 bits per heavy atom. The average Bonchev–Trinajstić information content (AvgIpc) is 2.46. The van der Waals surface area contributed by atoms with Crippen LogP contribution in [0.25, 0.3) is 0 Å². The highest BCUT2D eigenvalue weighted by molar-refractivity contribution is 9.10. The molecule has 1 aromatic rings. The Hall–Kier alpha value is -1.36. The first kappa shape index (κ1) is 14.1. The lowest BCUT2D eigenvalue weighted by Gasteiger charge is -2.26. The maximum Gasteiger partial charge on any atom is 0.260 e. The molecule has 0 bridgehead atoms. The van der Waals surface area contributed by atoms with Gasteiger partial charge in [0, 0.05) is 17.6 Å². The largest absolute Gasteiger partial charge is 0.483 e. The molecule has 1 amide bonds. The van der Waals surface area contributed by atoms with Crippen molar-refractivity contribution in [2.45, 2.75) is 19.3 Å². The molecule has 0 spiro atoms. The first-order valence-corrected chi connectivity index (χ1v) is 7.15. The van der Waals surface area contributed by atoms with Crippen molar-refractivity contribution in [3.05, 3.63) is 28.2 Å². The number of benzene rings is 1. The Bertz CT molecular complexity index is 470. The standard InChI is InChI=1S/C14H16BrNO3/c15-12-4-5-13(11(8-12)9-17)19-10-14(18)16-6-2-1-3-7-16/h4-5,8-9H,1-3,6-7,10H2. The quantitative estimate of drug-likeness (QED) is 0.799. The van der Waals surface area contributed by atoms with Gasteiger partial charge < -0.3 is 9.64 Å². The van der Waals surface area contributed by atoms with E-state index in [0.717, 1.165) is 36.7 Å². The molecule has 4 nitrogen and oxygen atoms in total. The van der Waals surface area contributed by atoms with Crippen LogP contribution in [-0.2, 0) is 4.79 Å². The van der Waals surface area contributed by atoms with Crippen molar-refractivity contribution in [3.8, 4) is 5.75 Å². The van der Waals surface area contributed by atoms with Crippen LogP contribution in [0.4, 0.5) is 0 Å². The Morgan fingerprint density at radius 2 is 2.05 bits per heavy atom. The highest BCUT2D eigenvalue weighted by atomic mass is 79.9. The van der Waals surface area contributed by atoms with Crippen LogP contribution in [0.1, 0.15) is 29.6 Å². The minimum Gasteiger partial charge on any atom is -0.483 e. The second-order valence-corrected chi connectivity index (χ2v) is 5.45. The summed E-state index contributed by atoms with van der Waals surface area (Å²) in [4.78, 5) is 24.7. The molecule has 102 valence electrons. The lowest BCUT2D eigenvalue weighted by atomic mass is 10.1. The zero-order valence-corrected chi connectivity index (χ0v) is 12.2. The van der Waals surface area contributed by atoms with Crippen LogP contribution in [0.15, 0.2) is 22.7 Å². The van der Waals surface area contributed by atoms with E-state index in [1.54, 1.807) is 18.2 Å². The van der Waals surface area contributed by atoms with Crippen molar-refractivity contribution in [2.24, 2.45) is 0 Å². The van der Waals surface area contributed by atoms with Gasteiger partial charge in [-0.15, -0.1) is 0 Å². The molecule has 1 aromatic carbocycles. The predicted octanol–water partition coefficient (Wildman–Crippen LogP) is 2.65. The van der Waals surface area contributed by atoms with E-state index >= 15 is 0 Å². The Labute approximate surface area is 120 Å². The van der Waals surface area contributed by atoms with Gasteiger partial charge in [0.1, 0.15) is 5.75 Å². The van der Waals surface area contributed by atoms with Crippen LogP contribution in [0.3, 0.4) is 0 Å². The number of piperidine rings is 1. The average molecular weight is 326 g/mol. The van der Waals surface area contributed by atoms with Crippen molar-refractivity contribution in [1.29, 1.82) is 0 Å². The number of rotatable bonds is 4. The third-order valence-corrected chi connectivity index (χ3v) is 3.65. The predicted molar refractivity (Wildman–Crippen MR) is 75.5 cm³/mol. The first-order valence-electron chi connectivity index (χ1n) is 6.36. The van der Waals surface area contributed by atoms with Crippen molar-refractivity contribution in [3.63, 3.8) is 0 Å². The molecule has 1 fully saturated rings. The summed E-state index contributed by atoms with van der Waals surface area (Å²) in [6.07, 6.45) is 4.03. The van der Waals surface area contributed by atoms with E-state index in [9.17, 15) is 9.59 Å². The summed E-state index contributed by atoms with van der Waals surface area (Å²) in [5.41, 5.74) is 0.445. The van der Waals surface area contributed by atoms with Gasteiger partial charge >= 0.3 is 0 Å². The molecule has 1 saturated heterocycles. The van der Waals surface area contributed by atoms with E-state index in [1.807, 2.05) is 4.90 Å². The van der Waals surface area contributed by atoms with Crippen LogP contribution in [0.5, 0.6) is 5.75 Å². The van der Waals surface area contributed by atoms with E-state index in [4.69, 9.17) is 4.74 Å². The number of hydrogen-bond acceptors (Lipinski definition) is 3. The molecular formula is C14H16BrNO3. The van der Waals surface area contributed by atoms with Crippen molar-refractivity contribution < 1.29 is 14.3 Å². The number of halogens is 1. The second-order valence-electron chi connectivity index (χ2n) is 4.53. The molecule has 0 N–H and O–H groups in total. The third kappa shape index (κ3) is 3.80. The van der Waals surface area contributed by atoms with Crippen LogP contribution >= 0.6 is 15.9 Å².